The first kappa shape index (κ1) is 55.8. The van der Waals surface area contributed by atoms with E-state index in [1.54, 1.807) is 37.3 Å². The summed E-state index contributed by atoms with van der Waals surface area (Å²) in [5, 5.41) is 24.7. The van der Waals surface area contributed by atoms with E-state index in [9.17, 15) is 29.1 Å². The van der Waals surface area contributed by atoms with Gasteiger partial charge in [0.25, 0.3) is 17.7 Å². The lowest BCUT2D eigenvalue weighted by Crippen LogP contribution is -2.53. The number of ketones is 1. The molecule has 1 heterocycles. The highest BCUT2D eigenvalue weighted by Gasteiger charge is 2.44. The van der Waals surface area contributed by atoms with Crippen LogP contribution in [-0.4, -0.2) is 76.7 Å². The molecule has 14 atom stereocenters. The molecule has 4 aliphatic carbocycles. The summed E-state index contributed by atoms with van der Waals surface area (Å²) in [5.74, 6) is 2.93. The van der Waals surface area contributed by atoms with Gasteiger partial charge >= 0.3 is 0 Å². The lowest BCUT2D eigenvalue weighted by atomic mass is 9.70. The van der Waals surface area contributed by atoms with Crippen molar-refractivity contribution in [3.63, 3.8) is 0 Å². The predicted octanol–water partition coefficient (Wildman–Crippen LogP) is 11.7. The number of amides is 4. The molecule has 4 fully saturated rings. The zero-order valence-electron chi connectivity index (χ0n) is 45.3. The van der Waals surface area contributed by atoms with E-state index in [0.717, 1.165) is 95.8 Å². The highest BCUT2D eigenvalue weighted by Crippen LogP contribution is 2.41. The Labute approximate surface area is 433 Å². The Morgan fingerprint density at radius 2 is 1.12 bits per heavy atom. The van der Waals surface area contributed by atoms with Gasteiger partial charge in [-0.15, -0.1) is 0 Å². The van der Waals surface area contributed by atoms with Crippen LogP contribution in [0, 0.1) is 47.3 Å². The summed E-state index contributed by atoms with van der Waals surface area (Å²) in [6.07, 6.45) is 23.9. The maximum Gasteiger partial charge on any atom is 0.262 e. The largest absolute Gasteiger partial charge is 0.374 e. The van der Waals surface area contributed by atoms with Crippen molar-refractivity contribution < 1.29 is 29.1 Å². The van der Waals surface area contributed by atoms with Crippen molar-refractivity contribution in [2.45, 2.75) is 226 Å². The fourth-order valence-corrected chi connectivity index (χ4v) is 14.2. The Kier molecular flexibility index (Phi) is 20.6. The third-order valence-electron chi connectivity index (χ3n) is 18.6. The van der Waals surface area contributed by atoms with E-state index in [0.29, 0.717) is 64.7 Å². The van der Waals surface area contributed by atoms with Crippen LogP contribution in [0.25, 0.3) is 0 Å². The molecule has 11 heteroatoms. The van der Waals surface area contributed by atoms with E-state index in [1.807, 2.05) is 12.1 Å². The maximum absolute atomic E-state index is 14.5. The number of carbonyl (C=O) groups is 5. The second-order valence-electron chi connectivity index (χ2n) is 24.1. The number of hydrogen-bond donors (Lipinski definition) is 5. The molecule has 5 aliphatic rings. The van der Waals surface area contributed by atoms with Crippen LogP contribution in [0.1, 0.15) is 242 Å². The molecule has 0 bridgehead atoms. The summed E-state index contributed by atoms with van der Waals surface area (Å²) in [6.45, 7) is 12.9. The second-order valence-corrected chi connectivity index (χ2v) is 24.1. The van der Waals surface area contributed by atoms with Crippen LogP contribution in [0.4, 0.5) is 0 Å². The maximum atomic E-state index is 14.5. The van der Waals surface area contributed by atoms with Crippen molar-refractivity contribution in [3.05, 3.63) is 70.3 Å². The molecule has 0 saturated heterocycles. The molecule has 1 aliphatic heterocycles. The molecular weight excluding hydrogens is 899 g/mol. The monoisotopic (exact) mass is 992 g/mol. The van der Waals surface area contributed by atoms with Crippen molar-refractivity contribution >= 4 is 29.4 Å². The molecule has 0 radical (unpaired) electrons. The van der Waals surface area contributed by atoms with Crippen molar-refractivity contribution in [2.24, 2.45) is 47.3 Å². The van der Waals surface area contributed by atoms with Gasteiger partial charge in [0.1, 0.15) is 12.3 Å². The zero-order valence-corrected chi connectivity index (χ0v) is 45.3. The molecule has 72 heavy (non-hydrogen) atoms. The van der Waals surface area contributed by atoms with Crippen LogP contribution in [0.15, 0.2) is 42.5 Å². The summed E-state index contributed by atoms with van der Waals surface area (Å²) in [6, 6.07) is 12.0. The van der Waals surface area contributed by atoms with Gasteiger partial charge in [-0.25, -0.2) is 0 Å². The molecule has 2 aromatic rings. The molecule has 14 unspecified atom stereocenters. The van der Waals surface area contributed by atoms with Gasteiger partial charge in [-0.05, 0) is 187 Å². The third kappa shape index (κ3) is 14.5. The number of unbranched alkanes of at least 4 members (excludes halogenated alkanes) is 7. The summed E-state index contributed by atoms with van der Waals surface area (Å²) in [5.41, 5.74) is 2.17. The number of carbonyl (C=O) groups excluding carboxylic acids is 5. The van der Waals surface area contributed by atoms with Gasteiger partial charge in [0.15, 0.2) is 5.78 Å². The van der Waals surface area contributed by atoms with Crippen molar-refractivity contribution in [1.29, 1.82) is 0 Å². The van der Waals surface area contributed by atoms with Gasteiger partial charge < -0.3 is 21.1 Å². The van der Waals surface area contributed by atoms with Crippen LogP contribution in [0.5, 0.6) is 0 Å². The number of nitrogens with one attached hydrogen (secondary N) is 4. The van der Waals surface area contributed by atoms with E-state index in [-0.39, 0.29) is 52.8 Å². The van der Waals surface area contributed by atoms with Gasteiger partial charge in [0, 0.05) is 35.3 Å². The number of fused-ring (bicyclic) bond motifs is 1. The molecular formula is C61H93N5O6. The smallest absolute Gasteiger partial charge is 0.262 e. The van der Waals surface area contributed by atoms with Crippen LogP contribution in [-0.2, 0) is 4.79 Å². The molecule has 11 nitrogen and oxygen atoms in total. The van der Waals surface area contributed by atoms with Crippen molar-refractivity contribution in [2.75, 3.05) is 7.05 Å². The Hall–Kier alpha value is -3.93. The average Bonchev–Trinajstić information content (AvgIpc) is 3.60. The standard InChI is InChI=1S/C61H93N5O6/c1-8-9-10-11-12-13-14-15-19-56(59(70)65-55-29-23-46(33-41(55)5)35-45-21-27-53(39(3)31-45)63-57(68)48-18-16-17-47(36-48)42(6)67)66-60(71)50-25-24-49(37-51(50)61(66)72)58(69)64-54-28-22-44(32-40(54)4)34-43-20-26-52(62-7)38(2)30-43/h16-18,24-25,36-41,43-46,52-57,62-63,68H,8-15,19-23,26-35H2,1-7H3,(H,64,69)(H,65,70). The highest BCUT2D eigenvalue weighted by atomic mass is 16.3. The van der Waals surface area contributed by atoms with Gasteiger partial charge in [0.05, 0.1) is 11.1 Å². The average molecular weight is 992 g/mol. The third-order valence-corrected chi connectivity index (χ3v) is 18.6. The van der Waals surface area contributed by atoms with Crippen LogP contribution < -0.4 is 21.3 Å². The minimum Gasteiger partial charge on any atom is -0.374 e. The summed E-state index contributed by atoms with van der Waals surface area (Å²) < 4.78 is 0. The fourth-order valence-electron chi connectivity index (χ4n) is 14.2. The Balaban J connectivity index is 0.921. The van der Waals surface area contributed by atoms with Crippen LogP contribution >= 0.6 is 0 Å². The number of benzene rings is 2. The summed E-state index contributed by atoms with van der Waals surface area (Å²) in [4.78, 5) is 70.2. The minimum absolute atomic E-state index is 0.0135. The molecule has 2 aromatic carbocycles. The number of Topliss-reactive ketones (excluding diaryl/α,β-unsaturated/α-hetero) is 1. The Bertz CT molecular complexity index is 2140. The number of aliphatic hydroxyl groups excluding tert-OH is 1. The highest BCUT2D eigenvalue weighted by molar-refractivity contribution is 6.23. The molecule has 4 saturated carbocycles. The Morgan fingerprint density at radius 1 is 0.611 bits per heavy atom. The Morgan fingerprint density at radius 3 is 1.67 bits per heavy atom. The molecule has 398 valence electrons. The number of aliphatic hydroxyl groups is 1. The number of imide groups is 1. The van der Waals surface area contributed by atoms with E-state index in [2.05, 4.69) is 62.9 Å². The predicted molar refractivity (Wildman–Crippen MR) is 288 cm³/mol. The first-order valence-electron chi connectivity index (χ1n) is 29.0. The number of hydrogen-bond acceptors (Lipinski definition) is 8. The molecule has 5 N–H and O–H groups in total. The van der Waals surface area contributed by atoms with Gasteiger partial charge in [-0.3, -0.25) is 34.2 Å². The quantitative estimate of drug-likeness (QED) is 0.0319. The molecule has 0 aromatic heterocycles. The van der Waals surface area contributed by atoms with Gasteiger partial charge in [0.2, 0.25) is 5.91 Å². The first-order valence-corrected chi connectivity index (χ1v) is 29.0. The molecule has 0 spiro atoms. The van der Waals surface area contributed by atoms with Crippen molar-refractivity contribution in [3.8, 4) is 0 Å². The number of rotatable bonds is 23. The van der Waals surface area contributed by atoms with E-state index >= 15 is 0 Å². The normalized spacial score (nSPS) is 30.6. The van der Waals surface area contributed by atoms with Crippen LogP contribution in [0.2, 0.25) is 0 Å². The number of nitrogens with zero attached hydrogens (tertiary/aromatic N) is 1. The lowest BCUT2D eigenvalue weighted by molar-refractivity contribution is -0.126. The van der Waals surface area contributed by atoms with Gasteiger partial charge in [-0.1, -0.05) is 104 Å². The topological polar surface area (TPSA) is 157 Å². The van der Waals surface area contributed by atoms with Gasteiger partial charge in [-0.2, -0.15) is 0 Å². The minimum atomic E-state index is -0.917. The van der Waals surface area contributed by atoms with Crippen LogP contribution in [0.3, 0.4) is 0 Å². The van der Waals surface area contributed by atoms with E-state index < -0.39 is 24.1 Å². The summed E-state index contributed by atoms with van der Waals surface area (Å²) in [7, 11) is 2.08. The molecule has 4 amide bonds. The SMILES string of the molecule is CCCCCCCCCCC(C(=O)NC1CCC(CC2CCC(NC(O)c3cccc(C(C)=O)c3)C(C)C2)CC1C)N1C(=O)c2ccc(C(=O)NC3CCC(CC4CCC(NC)C(C)C4)CC3C)cc2C1=O. The molecule has 7 rings (SSSR count). The zero-order chi connectivity index (χ0) is 51.5. The second kappa shape index (κ2) is 26.5. The summed E-state index contributed by atoms with van der Waals surface area (Å²) >= 11 is 0. The first-order chi connectivity index (χ1) is 34.6. The fraction of sp³-hybridized carbons (Fsp3) is 0.721. The van der Waals surface area contributed by atoms with Crippen molar-refractivity contribution in [1.82, 2.24) is 26.2 Å². The lowest BCUT2D eigenvalue weighted by Gasteiger charge is -2.40. The van der Waals surface area contributed by atoms with E-state index in [4.69, 9.17) is 0 Å². The van der Waals surface area contributed by atoms with E-state index in [1.165, 1.54) is 56.3 Å².